The lowest BCUT2D eigenvalue weighted by Crippen LogP contribution is -2.33. The number of ether oxygens (including phenoxy) is 1. The van der Waals surface area contributed by atoms with E-state index in [0.717, 1.165) is 10.8 Å². The van der Waals surface area contributed by atoms with Gasteiger partial charge in [0.1, 0.15) is 0 Å². The average molecular weight is 316 g/mol. The topological polar surface area (TPSA) is 9.23 Å². The van der Waals surface area contributed by atoms with Crippen LogP contribution in [0, 0.1) is 5.41 Å². The first kappa shape index (κ1) is 11.0. The Labute approximate surface area is 96.7 Å². The van der Waals surface area contributed by atoms with Gasteiger partial charge in [0.2, 0.25) is 5.92 Å². The van der Waals surface area contributed by atoms with Gasteiger partial charge in [0.05, 0.1) is 12.7 Å². The van der Waals surface area contributed by atoms with Crippen LogP contribution in [-0.2, 0) is 4.74 Å². The molecule has 1 spiro atoms. The maximum absolute atomic E-state index is 13.0. The minimum atomic E-state index is -2.41. The molecule has 0 aromatic rings. The fraction of sp³-hybridized carbons (Fsp3) is 1.00. The van der Waals surface area contributed by atoms with Gasteiger partial charge in [-0.2, -0.15) is 0 Å². The number of hydrogen-bond donors (Lipinski definition) is 0. The Hall–Kier alpha value is 0.550. The van der Waals surface area contributed by atoms with E-state index >= 15 is 0 Å². The molecule has 2 rings (SSSR count). The molecule has 82 valence electrons. The summed E-state index contributed by atoms with van der Waals surface area (Å²) in [6.07, 6.45) is 2.71. The lowest BCUT2D eigenvalue weighted by molar-refractivity contribution is -0.0678. The average Bonchev–Trinajstić information content (AvgIpc) is 2.56. The molecular weight excluding hydrogens is 301 g/mol. The first-order chi connectivity index (χ1) is 6.55. The number of hydrogen-bond acceptors (Lipinski definition) is 1. The Kier molecular flexibility index (Phi) is 3.04. The molecule has 1 unspecified atom stereocenters. The number of halogens is 3. The predicted molar refractivity (Wildman–Crippen MR) is 59.1 cm³/mol. The molecule has 1 aliphatic heterocycles. The number of rotatable bonds is 1. The summed E-state index contributed by atoms with van der Waals surface area (Å²) in [5.41, 5.74) is 0.0948. The van der Waals surface area contributed by atoms with Gasteiger partial charge in [0.25, 0.3) is 0 Å². The lowest BCUT2D eigenvalue weighted by atomic mass is 9.71. The van der Waals surface area contributed by atoms with Gasteiger partial charge in [-0.25, -0.2) is 8.78 Å². The molecule has 1 nitrogen and oxygen atoms in total. The van der Waals surface area contributed by atoms with Crippen molar-refractivity contribution in [1.29, 1.82) is 0 Å². The predicted octanol–water partition coefficient (Wildman–Crippen LogP) is 3.41. The van der Waals surface area contributed by atoms with E-state index in [9.17, 15) is 8.78 Å². The third kappa shape index (κ3) is 2.21. The maximum Gasteiger partial charge on any atom is 0.248 e. The highest BCUT2D eigenvalue weighted by Crippen LogP contribution is 2.49. The highest BCUT2D eigenvalue weighted by atomic mass is 127. The van der Waals surface area contributed by atoms with Gasteiger partial charge in [0.15, 0.2) is 0 Å². The van der Waals surface area contributed by atoms with Crippen LogP contribution in [0.3, 0.4) is 0 Å². The smallest absolute Gasteiger partial charge is 0.248 e. The largest absolute Gasteiger partial charge is 0.377 e. The van der Waals surface area contributed by atoms with Crippen molar-refractivity contribution in [3.8, 4) is 0 Å². The zero-order valence-electron chi connectivity index (χ0n) is 8.07. The van der Waals surface area contributed by atoms with E-state index < -0.39 is 5.92 Å². The third-order valence-corrected chi connectivity index (χ3v) is 4.48. The fourth-order valence-corrected chi connectivity index (χ4v) is 3.05. The van der Waals surface area contributed by atoms with E-state index in [1.807, 2.05) is 0 Å². The van der Waals surface area contributed by atoms with Crippen molar-refractivity contribution < 1.29 is 13.5 Å². The second-order valence-electron chi connectivity index (χ2n) is 4.65. The lowest BCUT2D eigenvalue weighted by Gasteiger charge is -2.35. The molecule has 1 heterocycles. The van der Waals surface area contributed by atoms with Gasteiger partial charge in [-0.15, -0.1) is 0 Å². The van der Waals surface area contributed by atoms with Crippen molar-refractivity contribution in [3.63, 3.8) is 0 Å². The van der Waals surface area contributed by atoms with Crippen molar-refractivity contribution in [3.05, 3.63) is 0 Å². The normalized spacial score (nSPS) is 34.9. The summed E-state index contributed by atoms with van der Waals surface area (Å²) in [4.78, 5) is 0. The molecule has 0 amide bonds. The standard InChI is InChI=1S/C10H15F2IO/c11-10(12)3-1-9(2-4-10)5-8(6-13)14-7-9/h8H,1-7H2. The minimum Gasteiger partial charge on any atom is -0.377 e. The van der Waals surface area contributed by atoms with E-state index in [-0.39, 0.29) is 18.3 Å². The van der Waals surface area contributed by atoms with Crippen molar-refractivity contribution >= 4 is 22.6 Å². The van der Waals surface area contributed by atoms with Crippen LogP contribution in [0.5, 0.6) is 0 Å². The Balaban J connectivity index is 1.94. The van der Waals surface area contributed by atoms with Gasteiger partial charge in [-0.1, -0.05) is 22.6 Å². The molecule has 1 aliphatic carbocycles. The molecule has 4 heteroatoms. The van der Waals surface area contributed by atoms with Crippen LogP contribution in [0.1, 0.15) is 32.1 Å². The Morgan fingerprint density at radius 2 is 1.86 bits per heavy atom. The highest BCUT2D eigenvalue weighted by Gasteiger charge is 2.47. The quantitative estimate of drug-likeness (QED) is 0.532. The highest BCUT2D eigenvalue weighted by molar-refractivity contribution is 14.1. The van der Waals surface area contributed by atoms with Gasteiger partial charge >= 0.3 is 0 Å². The van der Waals surface area contributed by atoms with Crippen molar-refractivity contribution in [2.45, 2.75) is 44.1 Å². The number of alkyl halides is 3. The van der Waals surface area contributed by atoms with Crippen LogP contribution in [0.2, 0.25) is 0 Å². The third-order valence-electron chi connectivity index (χ3n) is 3.50. The molecule has 0 radical (unpaired) electrons. The summed E-state index contributed by atoms with van der Waals surface area (Å²) in [6, 6.07) is 0. The molecule has 1 saturated heterocycles. The van der Waals surface area contributed by atoms with Gasteiger partial charge in [0, 0.05) is 17.3 Å². The van der Waals surface area contributed by atoms with E-state index in [1.165, 1.54) is 0 Å². The van der Waals surface area contributed by atoms with Crippen molar-refractivity contribution in [1.82, 2.24) is 0 Å². The molecule has 1 atom stereocenters. The molecule has 0 aromatic carbocycles. The molecule has 0 aromatic heterocycles. The summed E-state index contributed by atoms with van der Waals surface area (Å²) in [7, 11) is 0. The first-order valence-electron chi connectivity index (χ1n) is 5.11. The van der Waals surface area contributed by atoms with Crippen molar-refractivity contribution in [2.24, 2.45) is 5.41 Å². The van der Waals surface area contributed by atoms with Crippen LogP contribution in [-0.4, -0.2) is 23.1 Å². The fourth-order valence-electron chi connectivity index (χ4n) is 2.49. The minimum absolute atomic E-state index is 0.0598. The van der Waals surface area contributed by atoms with Gasteiger partial charge in [-0.3, -0.25) is 0 Å². The van der Waals surface area contributed by atoms with Crippen LogP contribution in [0.15, 0.2) is 0 Å². The summed E-state index contributed by atoms with van der Waals surface area (Å²) >= 11 is 2.30. The van der Waals surface area contributed by atoms with Crippen LogP contribution in [0.4, 0.5) is 8.78 Å². The monoisotopic (exact) mass is 316 g/mol. The van der Waals surface area contributed by atoms with Crippen LogP contribution < -0.4 is 0 Å². The van der Waals surface area contributed by atoms with Crippen LogP contribution >= 0.6 is 22.6 Å². The van der Waals surface area contributed by atoms with Crippen LogP contribution in [0.25, 0.3) is 0 Å². The summed E-state index contributed by atoms with van der Waals surface area (Å²) < 4.78 is 32.5. The molecule has 0 bridgehead atoms. The SMILES string of the molecule is FC1(F)CCC2(CC1)COC(CI)C2. The second kappa shape index (κ2) is 3.85. The molecular formula is C10H15F2IO. The molecule has 14 heavy (non-hydrogen) atoms. The Morgan fingerprint density at radius 1 is 1.21 bits per heavy atom. The Bertz CT molecular complexity index is 210. The van der Waals surface area contributed by atoms with E-state index in [1.54, 1.807) is 0 Å². The zero-order valence-corrected chi connectivity index (χ0v) is 10.2. The Morgan fingerprint density at radius 3 is 2.36 bits per heavy atom. The first-order valence-corrected chi connectivity index (χ1v) is 6.63. The molecule has 2 aliphatic rings. The molecule has 1 saturated carbocycles. The summed E-state index contributed by atoms with van der Waals surface area (Å²) in [6.45, 7) is 0.705. The summed E-state index contributed by atoms with van der Waals surface area (Å²) in [5, 5.41) is 0. The van der Waals surface area contributed by atoms with E-state index in [4.69, 9.17) is 4.74 Å². The maximum atomic E-state index is 13.0. The second-order valence-corrected chi connectivity index (χ2v) is 5.53. The summed E-state index contributed by atoms with van der Waals surface area (Å²) in [5.74, 6) is -2.41. The van der Waals surface area contributed by atoms with Gasteiger partial charge in [-0.05, 0) is 24.7 Å². The van der Waals surface area contributed by atoms with Crippen molar-refractivity contribution in [2.75, 3.05) is 11.0 Å². The van der Waals surface area contributed by atoms with Gasteiger partial charge < -0.3 is 4.74 Å². The van der Waals surface area contributed by atoms with E-state index in [0.29, 0.717) is 25.6 Å². The molecule has 0 N–H and O–H groups in total. The van der Waals surface area contributed by atoms with E-state index in [2.05, 4.69) is 22.6 Å². The zero-order chi connectivity index (χ0) is 10.2. The molecule has 2 fully saturated rings.